The fourth-order valence-corrected chi connectivity index (χ4v) is 6.83. The molecule has 1 saturated carbocycles. The number of nitriles is 3. The van der Waals surface area contributed by atoms with Gasteiger partial charge in [-0.3, -0.25) is 9.78 Å². The van der Waals surface area contributed by atoms with E-state index in [1.165, 1.54) is 0 Å². The summed E-state index contributed by atoms with van der Waals surface area (Å²) in [6.45, 7) is 0. The van der Waals surface area contributed by atoms with Crippen LogP contribution in [0.1, 0.15) is 40.7 Å². The maximum atomic E-state index is 12.4. The minimum Gasteiger partial charge on any atom is -0.423 e. The van der Waals surface area contributed by atoms with E-state index in [9.17, 15) is 20.6 Å². The zero-order valence-corrected chi connectivity index (χ0v) is 20.9. The number of aromatic amines is 1. The molecule has 2 aromatic carbocycles. The third-order valence-corrected chi connectivity index (χ3v) is 8.79. The summed E-state index contributed by atoms with van der Waals surface area (Å²) < 4.78 is 5.63. The van der Waals surface area contributed by atoms with Crippen molar-refractivity contribution < 1.29 is 4.74 Å². The van der Waals surface area contributed by atoms with E-state index in [1.54, 1.807) is 48.5 Å². The van der Waals surface area contributed by atoms with Crippen molar-refractivity contribution in [2.75, 3.05) is 0 Å². The summed E-state index contributed by atoms with van der Waals surface area (Å²) in [6.07, 6.45) is 0.376. The summed E-state index contributed by atoms with van der Waals surface area (Å²) >= 11 is 13.2. The Bertz CT molecular complexity index is 1500. The Morgan fingerprint density at radius 3 is 1.89 bits per heavy atom. The van der Waals surface area contributed by atoms with E-state index in [0.717, 1.165) is 11.3 Å². The molecule has 1 aliphatic heterocycles. The maximum Gasteiger partial charge on any atom is 0.307 e. The number of aromatic nitrogens is 1. The van der Waals surface area contributed by atoms with Crippen molar-refractivity contribution in [3.63, 3.8) is 0 Å². The molecule has 7 nitrogen and oxygen atoms in total. The number of nitrogens with zero attached hydrogens (tertiary/aromatic N) is 3. The zero-order valence-electron chi connectivity index (χ0n) is 18.6. The number of allylic oxidation sites excluding steroid dienone is 1. The first-order chi connectivity index (χ1) is 17.3. The van der Waals surface area contributed by atoms with Crippen molar-refractivity contribution >= 4 is 34.5 Å². The summed E-state index contributed by atoms with van der Waals surface area (Å²) in [5, 5.41) is 32.4. The van der Waals surface area contributed by atoms with Crippen LogP contribution in [0.25, 0.3) is 0 Å². The van der Waals surface area contributed by atoms with Crippen LogP contribution in [-0.2, 0) is 5.41 Å². The van der Waals surface area contributed by atoms with Crippen molar-refractivity contribution in [3.8, 4) is 24.1 Å². The van der Waals surface area contributed by atoms with Crippen molar-refractivity contribution in [1.29, 1.82) is 15.8 Å². The number of nitrogens with two attached hydrogens (primary N) is 1. The molecule has 2 atom stereocenters. The van der Waals surface area contributed by atoms with Crippen LogP contribution >= 0.6 is 34.5 Å². The lowest BCUT2D eigenvalue weighted by atomic mass is 9.49. The van der Waals surface area contributed by atoms with E-state index < -0.39 is 22.7 Å². The van der Waals surface area contributed by atoms with Gasteiger partial charge in [0.25, 0.3) is 0 Å². The van der Waals surface area contributed by atoms with E-state index in [4.69, 9.17) is 33.7 Å². The molecule has 10 heteroatoms. The molecule has 178 valence electrons. The smallest absolute Gasteiger partial charge is 0.307 e. The number of ether oxygens (including phenoxy) is 1. The van der Waals surface area contributed by atoms with Crippen LogP contribution in [0, 0.1) is 39.4 Å². The molecule has 3 aromatic rings. The molecule has 2 aliphatic rings. The molecule has 1 spiro atoms. The van der Waals surface area contributed by atoms with Crippen molar-refractivity contribution in [2.24, 2.45) is 11.1 Å². The average molecular weight is 534 g/mol. The summed E-state index contributed by atoms with van der Waals surface area (Å²) in [4.78, 5) is 15.3. The van der Waals surface area contributed by atoms with Crippen LogP contribution in [0.2, 0.25) is 10.0 Å². The average Bonchev–Trinajstić information content (AvgIpc) is 3.25. The fraction of sp³-hybridized carbons (Fsp3) is 0.231. The SMILES string of the molecule is N#CC1=C(N)Oc2[nH]c(=O)sc2C12CC(c1ccc(Cl)cc1)C(C#N)(C#N)C(c1ccc(Cl)cc1)C2. The van der Waals surface area contributed by atoms with E-state index in [-0.39, 0.29) is 35.1 Å². The Labute approximate surface area is 220 Å². The molecule has 0 amide bonds. The van der Waals surface area contributed by atoms with E-state index in [2.05, 4.69) is 23.2 Å². The number of nitrogens with one attached hydrogen (secondary N) is 1. The number of rotatable bonds is 2. The third-order valence-electron chi connectivity index (χ3n) is 7.22. The third kappa shape index (κ3) is 3.48. The van der Waals surface area contributed by atoms with Crippen LogP contribution in [-0.4, -0.2) is 4.98 Å². The predicted molar refractivity (Wildman–Crippen MR) is 135 cm³/mol. The highest BCUT2D eigenvalue weighted by molar-refractivity contribution is 7.09. The van der Waals surface area contributed by atoms with Gasteiger partial charge in [-0.15, -0.1) is 0 Å². The Balaban J connectivity index is 1.84. The summed E-state index contributed by atoms with van der Waals surface area (Å²) in [6, 6.07) is 20.8. The molecule has 0 radical (unpaired) electrons. The number of thiazole rings is 1. The summed E-state index contributed by atoms with van der Waals surface area (Å²) in [5.74, 6) is -1.23. The topological polar surface area (TPSA) is 139 Å². The minimum absolute atomic E-state index is 0.106. The molecule has 36 heavy (non-hydrogen) atoms. The lowest BCUT2D eigenvalue weighted by Gasteiger charge is -2.51. The Morgan fingerprint density at radius 1 is 0.944 bits per heavy atom. The van der Waals surface area contributed by atoms with Crippen molar-refractivity contribution in [2.45, 2.75) is 30.1 Å². The van der Waals surface area contributed by atoms with Gasteiger partial charge in [-0.25, -0.2) is 0 Å². The summed E-state index contributed by atoms with van der Waals surface area (Å²) in [7, 11) is 0. The highest BCUT2D eigenvalue weighted by atomic mass is 35.5. The predicted octanol–water partition coefficient (Wildman–Crippen LogP) is 5.46. The molecule has 2 unspecified atom stereocenters. The Hall–Kier alpha value is -3.74. The minimum atomic E-state index is -1.50. The number of hydrogen-bond acceptors (Lipinski definition) is 7. The van der Waals surface area contributed by atoms with Crippen LogP contribution < -0.4 is 15.3 Å². The standard InChI is InChI=1S/C26H17Cl2N5O2S/c27-16-5-1-14(2-6-16)18-9-25(20(11-29)22(32)35-23-21(25)36-24(34)33-23)10-19(26(18,12-30)13-31)15-3-7-17(28)8-4-15/h1-8,18-19H,9-10,32H2,(H,33,34). The molecule has 1 aromatic heterocycles. The number of benzene rings is 2. The molecule has 0 bridgehead atoms. The van der Waals surface area contributed by atoms with E-state index in [1.807, 2.05) is 0 Å². The monoisotopic (exact) mass is 533 g/mol. The normalized spacial score (nSPS) is 24.2. The van der Waals surface area contributed by atoms with Gasteiger partial charge in [0.2, 0.25) is 11.8 Å². The number of fused-ring (bicyclic) bond motifs is 2. The number of hydrogen-bond donors (Lipinski definition) is 2. The first-order valence-corrected chi connectivity index (χ1v) is 12.5. The number of halogens is 2. The van der Waals surface area contributed by atoms with E-state index >= 15 is 0 Å². The van der Waals surface area contributed by atoms with Gasteiger partial charge >= 0.3 is 4.87 Å². The molecule has 2 heterocycles. The van der Waals surface area contributed by atoms with Crippen LogP contribution in [0.3, 0.4) is 0 Å². The largest absolute Gasteiger partial charge is 0.423 e. The quantitative estimate of drug-likeness (QED) is 0.447. The van der Waals surface area contributed by atoms with E-state index in [0.29, 0.717) is 26.0 Å². The van der Waals surface area contributed by atoms with Gasteiger partial charge in [0.05, 0.1) is 22.4 Å². The van der Waals surface area contributed by atoms with Gasteiger partial charge in [-0.05, 0) is 48.2 Å². The van der Waals surface area contributed by atoms with Crippen LogP contribution in [0.5, 0.6) is 5.88 Å². The Kier molecular flexibility index (Phi) is 5.81. The van der Waals surface area contributed by atoms with Gasteiger partial charge in [-0.1, -0.05) is 58.8 Å². The van der Waals surface area contributed by atoms with Crippen LogP contribution in [0.4, 0.5) is 0 Å². The lowest BCUT2D eigenvalue weighted by Crippen LogP contribution is -2.48. The Morgan fingerprint density at radius 2 is 1.44 bits per heavy atom. The zero-order chi connectivity index (χ0) is 25.7. The van der Waals surface area contributed by atoms with Crippen molar-refractivity contribution in [1.82, 2.24) is 4.98 Å². The molecular formula is C26H17Cl2N5O2S. The lowest BCUT2D eigenvalue weighted by molar-refractivity contribution is 0.168. The van der Waals surface area contributed by atoms with Crippen molar-refractivity contribution in [3.05, 3.63) is 95.7 Å². The number of H-pyrrole nitrogens is 1. The van der Waals surface area contributed by atoms with Gasteiger partial charge in [0, 0.05) is 21.9 Å². The second-order valence-corrected chi connectivity index (χ2v) is 10.8. The van der Waals surface area contributed by atoms with Crippen LogP contribution in [0.15, 0.2) is 64.8 Å². The highest BCUT2D eigenvalue weighted by Gasteiger charge is 2.61. The van der Waals surface area contributed by atoms with Gasteiger partial charge in [-0.2, -0.15) is 15.8 Å². The first kappa shape index (κ1) is 24.0. The first-order valence-electron chi connectivity index (χ1n) is 10.9. The summed E-state index contributed by atoms with van der Waals surface area (Å²) in [5.41, 5.74) is 5.25. The molecule has 3 N–H and O–H groups in total. The molecular weight excluding hydrogens is 517 g/mol. The second-order valence-electron chi connectivity index (χ2n) is 8.92. The van der Waals surface area contributed by atoms with Gasteiger partial charge < -0.3 is 10.5 Å². The molecule has 1 aliphatic carbocycles. The molecule has 5 rings (SSSR count). The molecule has 0 saturated heterocycles. The maximum absolute atomic E-state index is 12.4. The molecule has 1 fully saturated rings. The van der Waals surface area contributed by atoms with Gasteiger partial charge in [0.1, 0.15) is 11.6 Å². The highest BCUT2D eigenvalue weighted by Crippen LogP contribution is 2.64. The fourth-order valence-electron chi connectivity index (χ4n) is 5.60. The van der Waals surface area contributed by atoms with Gasteiger partial charge in [0.15, 0.2) is 5.41 Å². The second kappa shape index (κ2) is 8.73.